The van der Waals surface area contributed by atoms with Crippen LogP contribution in [0.1, 0.15) is 36.9 Å². The van der Waals surface area contributed by atoms with Crippen molar-refractivity contribution in [1.29, 1.82) is 5.26 Å². The second kappa shape index (κ2) is 4.34. The molecule has 1 aromatic heterocycles. The van der Waals surface area contributed by atoms with E-state index in [2.05, 4.69) is 4.98 Å². The van der Waals surface area contributed by atoms with E-state index in [-0.39, 0.29) is 22.8 Å². The number of piperidine rings is 1. The molecule has 2 aliphatic carbocycles. The predicted octanol–water partition coefficient (Wildman–Crippen LogP) is 3.81. The first-order chi connectivity index (χ1) is 10.8. The number of hydrogen-bond donors (Lipinski definition) is 0. The van der Waals surface area contributed by atoms with Gasteiger partial charge in [-0.05, 0) is 30.2 Å². The molecule has 1 spiro atoms. The van der Waals surface area contributed by atoms with Crippen molar-refractivity contribution in [3.8, 4) is 6.07 Å². The zero-order valence-corrected chi connectivity index (χ0v) is 11.8. The van der Waals surface area contributed by atoms with Gasteiger partial charge in [0, 0.05) is 12.1 Å². The highest BCUT2D eigenvalue weighted by Gasteiger charge is 2.84. The number of halogens is 5. The fourth-order valence-electron chi connectivity index (χ4n) is 4.25. The quantitative estimate of drug-likeness (QED) is 0.792. The molecule has 1 aliphatic heterocycles. The fourth-order valence-corrected chi connectivity index (χ4v) is 4.25. The van der Waals surface area contributed by atoms with Crippen LogP contribution in [0.3, 0.4) is 0 Å². The first-order valence-corrected chi connectivity index (χ1v) is 7.30. The van der Waals surface area contributed by atoms with E-state index >= 15 is 0 Å². The van der Waals surface area contributed by atoms with Crippen LogP contribution in [0.4, 0.5) is 27.6 Å². The Morgan fingerprint density at radius 1 is 1.39 bits per heavy atom. The summed E-state index contributed by atoms with van der Waals surface area (Å²) < 4.78 is 64.5. The molecule has 2 saturated carbocycles. The van der Waals surface area contributed by atoms with Gasteiger partial charge >= 0.3 is 6.18 Å². The number of fused-ring (bicyclic) bond motifs is 1. The second-order valence-corrected chi connectivity index (χ2v) is 6.62. The molecule has 1 unspecified atom stereocenters. The summed E-state index contributed by atoms with van der Waals surface area (Å²) in [7, 11) is 0. The Kier molecular flexibility index (Phi) is 2.77. The number of rotatable bonds is 3. The van der Waals surface area contributed by atoms with Gasteiger partial charge in [-0.25, -0.2) is 13.8 Å². The van der Waals surface area contributed by atoms with E-state index in [1.807, 2.05) is 0 Å². The van der Waals surface area contributed by atoms with Gasteiger partial charge in [-0.3, -0.25) is 0 Å². The van der Waals surface area contributed by atoms with Crippen molar-refractivity contribution in [2.24, 2.45) is 11.3 Å². The molecule has 0 N–H and O–H groups in total. The summed E-state index contributed by atoms with van der Waals surface area (Å²) in [6.45, 7) is 0. The molecule has 2 heterocycles. The van der Waals surface area contributed by atoms with Crippen molar-refractivity contribution in [3.05, 3.63) is 23.5 Å². The Balaban J connectivity index is 1.68. The molecule has 3 nitrogen and oxygen atoms in total. The Hall–Kier alpha value is -1.91. The average Bonchev–Trinajstić information content (AvgIpc) is 3.28. The molecule has 122 valence electrons. The summed E-state index contributed by atoms with van der Waals surface area (Å²) in [5.74, 6) is 0.387. The standard InChI is InChI=1S/C15H12F5N3/c16-13(17)9-1-7(6-22-11(9)5-21)23-8(3-15(18,19)20)2-14-4-10(14)12(14)23/h1,6,8,10,12-13H,2-4H2/t8-,10+,12?,14+/m1/s1. The third-order valence-corrected chi connectivity index (χ3v) is 5.36. The van der Waals surface area contributed by atoms with E-state index in [9.17, 15) is 22.0 Å². The Morgan fingerprint density at radius 3 is 2.70 bits per heavy atom. The number of hydrogen-bond acceptors (Lipinski definition) is 3. The minimum absolute atomic E-state index is 0.00936. The van der Waals surface area contributed by atoms with Gasteiger partial charge in [0.25, 0.3) is 6.43 Å². The van der Waals surface area contributed by atoms with Gasteiger partial charge < -0.3 is 4.90 Å². The molecule has 4 atom stereocenters. The number of alkyl halides is 5. The zero-order chi connectivity index (χ0) is 16.6. The van der Waals surface area contributed by atoms with Gasteiger partial charge in [-0.15, -0.1) is 0 Å². The summed E-state index contributed by atoms with van der Waals surface area (Å²) in [4.78, 5) is 5.33. The van der Waals surface area contributed by atoms with Crippen LogP contribution in [0.25, 0.3) is 0 Å². The van der Waals surface area contributed by atoms with Gasteiger partial charge in [0.1, 0.15) is 11.8 Å². The lowest BCUT2D eigenvalue weighted by Crippen LogP contribution is -2.37. The van der Waals surface area contributed by atoms with Crippen LogP contribution in [0, 0.1) is 22.7 Å². The molecule has 0 bridgehead atoms. The van der Waals surface area contributed by atoms with Gasteiger partial charge in [0.2, 0.25) is 0 Å². The highest BCUT2D eigenvalue weighted by Crippen LogP contribution is 2.83. The van der Waals surface area contributed by atoms with Gasteiger partial charge in [-0.2, -0.15) is 18.4 Å². The average molecular weight is 329 g/mol. The van der Waals surface area contributed by atoms with Crippen LogP contribution in [0.2, 0.25) is 0 Å². The summed E-state index contributed by atoms with van der Waals surface area (Å²) in [5.41, 5.74) is -0.672. The Morgan fingerprint density at radius 2 is 2.13 bits per heavy atom. The molecule has 0 radical (unpaired) electrons. The summed E-state index contributed by atoms with van der Waals surface area (Å²) in [6.07, 6.45) is -5.53. The molecule has 3 fully saturated rings. The van der Waals surface area contributed by atoms with Gasteiger partial charge in [-0.1, -0.05) is 0 Å². The fraction of sp³-hybridized carbons (Fsp3) is 0.600. The third kappa shape index (κ3) is 2.09. The SMILES string of the molecule is N#Cc1ncc(N2C3[C@@H]4C[C@]34C[C@@H]2CC(F)(F)F)cc1C(F)F. The summed E-state index contributed by atoms with van der Waals surface area (Å²) in [6, 6.07) is 1.99. The highest BCUT2D eigenvalue weighted by molar-refractivity contribution is 5.60. The molecule has 0 amide bonds. The van der Waals surface area contributed by atoms with Crippen molar-refractivity contribution >= 4 is 5.69 Å². The van der Waals surface area contributed by atoms with Crippen LogP contribution in [0.5, 0.6) is 0 Å². The van der Waals surface area contributed by atoms with Crippen LogP contribution in [0.15, 0.2) is 12.3 Å². The van der Waals surface area contributed by atoms with Crippen molar-refractivity contribution in [2.75, 3.05) is 4.90 Å². The largest absolute Gasteiger partial charge is 0.391 e. The van der Waals surface area contributed by atoms with E-state index in [1.165, 1.54) is 6.20 Å². The minimum atomic E-state index is -4.30. The lowest BCUT2D eigenvalue weighted by atomic mass is 10.1. The second-order valence-electron chi connectivity index (χ2n) is 6.62. The normalized spacial score (nSPS) is 34.1. The van der Waals surface area contributed by atoms with Crippen LogP contribution >= 0.6 is 0 Å². The smallest absolute Gasteiger partial charge is 0.363 e. The summed E-state index contributed by atoms with van der Waals surface area (Å²) >= 11 is 0. The van der Waals surface area contributed by atoms with E-state index in [0.717, 1.165) is 12.5 Å². The minimum Gasteiger partial charge on any atom is -0.363 e. The lowest BCUT2D eigenvalue weighted by molar-refractivity contribution is -0.138. The predicted molar refractivity (Wildman–Crippen MR) is 69.8 cm³/mol. The maximum Gasteiger partial charge on any atom is 0.391 e. The van der Waals surface area contributed by atoms with E-state index in [4.69, 9.17) is 5.26 Å². The van der Waals surface area contributed by atoms with Crippen LogP contribution in [-0.2, 0) is 0 Å². The number of nitrogens with zero attached hydrogens (tertiary/aromatic N) is 3. The monoisotopic (exact) mass is 329 g/mol. The molecule has 3 aliphatic rings. The molecule has 23 heavy (non-hydrogen) atoms. The van der Waals surface area contributed by atoms with Crippen molar-refractivity contribution in [1.82, 2.24) is 4.98 Å². The van der Waals surface area contributed by atoms with Crippen LogP contribution in [-0.4, -0.2) is 23.2 Å². The molecule has 0 aromatic carbocycles. The maximum atomic E-state index is 13.1. The molecular formula is C15H12F5N3. The maximum absolute atomic E-state index is 13.1. The third-order valence-electron chi connectivity index (χ3n) is 5.36. The highest BCUT2D eigenvalue weighted by atomic mass is 19.4. The van der Waals surface area contributed by atoms with Gasteiger partial charge in [0.15, 0.2) is 0 Å². The topological polar surface area (TPSA) is 39.9 Å². The molecular weight excluding hydrogens is 317 g/mol. The lowest BCUT2D eigenvalue weighted by Gasteiger charge is -2.31. The zero-order valence-electron chi connectivity index (χ0n) is 11.8. The molecule has 4 rings (SSSR count). The Labute approximate surface area is 128 Å². The summed E-state index contributed by atoms with van der Waals surface area (Å²) in [5, 5.41) is 8.83. The van der Waals surface area contributed by atoms with E-state index < -0.39 is 30.6 Å². The number of anilines is 1. The molecule has 1 saturated heterocycles. The van der Waals surface area contributed by atoms with Crippen molar-refractivity contribution < 1.29 is 22.0 Å². The first-order valence-electron chi connectivity index (χ1n) is 7.30. The molecule has 1 aromatic rings. The number of pyridine rings is 1. The van der Waals surface area contributed by atoms with Crippen molar-refractivity contribution in [2.45, 2.75) is 43.9 Å². The molecule has 8 heteroatoms. The van der Waals surface area contributed by atoms with Gasteiger partial charge in [0.05, 0.1) is 23.9 Å². The first kappa shape index (κ1) is 14.7. The number of aromatic nitrogens is 1. The van der Waals surface area contributed by atoms with Crippen LogP contribution < -0.4 is 4.90 Å². The van der Waals surface area contributed by atoms with E-state index in [0.29, 0.717) is 12.3 Å². The number of nitriles is 1. The van der Waals surface area contributed by atoms with E-state index in [1.54, 1.807) is 11.0 Å². The van der Waals surface area contributed by atoms with Crippen molar-refractivity contribution in [3.63, 3.8) is 0 Å². The Bertz CT molecular complexity index is 710.